The first-order valence-electron chi connectivity index (χ1n) is 12.7. The number of hydrogen-bond donors (Lipinski definition) is 0. The lowest BCUT2D eigenvalue weighted by Crippen LogP contribution is -1.99. The molecule has 0 amide bonds. The summed E-state index contributed by atoms with van der Waals surface area (Å²) in [5, 5.41) is 4.90. The van der Waals surface area contributed by atoms with Crippen LogP contribution in [0.5, 0.6) is 0 Å². The first kappa shape index (κ1) is 19.3. The lowest BCUT2D eigenvalue weighted by atomic mass is 9.93. The van der Waals surface area contributed by atoms with Crippen molar-refractivity contribution in [2.24, 2.45) is 0 Å². The van der Waals surface area contributed by atoms with Gasteiger partial charge in [-0.15, -0.1) is 0 Å². The summed E-state index contributed by atoms with van der Waals surface area (Å²) >= 11 is 0. The summed E-state index contributed by atoms with van der Waals surface area (Å²) in [7, 11) is 0. The fourth-order valence-electron chi connectivity index (χ4n) is 6.64. The number of imidazole rings is 1. The van der Waals surface area contributed by atoms with Gasteiger partial charge in [0.1, 0.15) is 5.65 Å². The first-order valence-corrected chi connectivity index (χ1v) is 12.7. The predicted molar refractivity (Wildman–Crippen MR) is 151 cm³/mol. The lowest BCUT2D eigenvalue weighted by molar-refractivity contribution is 1.18. The van der Waals surface area contributed by atoms with E-state index in [0.29, 0.717) is 0 Å². The number of para-hydroxylation sites is 2. The Morgan fingerprint density at radius 2 is 1.46 bits per heavy atom. The summed E-state index contributed by atoms with van der Waals surface area (Å²) in [5.41, 5.74) is 12.1. The largest absolute Gasteiger partial charge is 0.309 e. The van der Waals surface area contributed by atoms with E-state index in [0.717, 1.165) is 23.1 Å². The smallest absolute Gasteiger partial charge is 0.145 e. The molecule has 4 aromatic carbocycles. The summed E-state index contributed by atoms with van der Waals surface area (Å²) in [6, 6.07) is 32.5. The lowest BCUT2D eigenvalue weighted by Gasteiger charge is -2.16. The SMILES string of the molecule is c1ccc(-n2c3ccccc3c3c4c5ncccc5n5ccnc5c4c4c(c32)-c2ccccc2C4)cc1. The molecule has 0 radical (unpaired) electrons. The molecular formula is C33H20N4. The highest BCUT2D eigenvalue weighted by atomic mass is 15.0. The first-order chi connectivity index (χ1) is 18.4. The molecule has 0 saturated carbocycles. The fraction of sp³-hybridized carbons (Fsp3) is 0.0303. The van der Waals surface area contributed by atoms with Crippen molar-refractivity contribution in [3.05, 3.63) is 121 Å². The van der Waals surface area contributed by atoms with Crippen LogP contribution in [0.25, 0.3) is 66.1 Å². The van der Waals surface area contributed by atoms with Gasteiger partial charge in [0.2, 0.25) is 0 Å². The normalized spacial score (nSPS) is 12.8. The summed E-state index contributed by atoms with van der Waals surface area (Å²) < 4.78 is 4.66. The second-order valence-electron chi connectivity index (χ2n) is 9.84. The average molecular weight is 473 g/mol. The molecule has 0 bridgehead atoms. The third-order valence-electron chi connectivity index (χ3n) is 8.03. The van der Waals surface area contributed by atoms with Crippen LogP contribution in [0.1, 0.15) is 11.1 Å². The Hall–Kier alpha value is -4.96. The van der Waals surface area contributed by atoms with E-state index >= 15 is 0 Å². The highest BCUT2D eigenvalue weighted by Crippen LogP contribution is 2.51. The maximum atomic E-state index is 4.99. The number of pyridine rings is 2. The van der Waals surface area contributed by atoms with Crippen LogP contribution < -0.4 is 0 Å². The minimum absolute atomic E-state index is 0.884. The van der Waals surface area contributed by atoms with Crippen molar-refractivity contribution in [2.45, 2.75) is 6.42 Å². The molecule has 8 aromatic rings. The molecule has 0 fully saturated rings. The third-order valence-corrected chi connectivity index (χ3v) is 8.03. The van der Waals surface area contributed by atoms with Crippen molar-refractivity contribution in [1.82, 2.24) is 18.9 Å². The van der Waals surface area contributed by atoms with E-state index < -0.39 is 0 Å². The molecule has 0 spiro atoms. The molecule has 0 unspecified atom stereocenters. The van der Waals surface area contributed by atoms with Gasteiger partial charge in [-0.2, -0.15) is 0 Å². The van der Waals surface area contributed by atoms with Crippen LogP contribution in [-0.4, -0.2) is 18.9 Å². The van der Waals surface area contributed by atoms with Gasteiger partial charge in [-0.1, -0.05) is 60.7 Å². The van der Waals surface area contributed by atoms with Gasteiger partial charge in [-0.25, -0.2) is 4.98 Å². The Morgan fingerprint density at radius 1 is 0.649 bits per heavy atom. The summed E-state index contributed by atoms with van der Waals surface area (Å²) in [6.07, 6.45) is 6.77. The summed E-state index contributed by atoms with van der Waals surface area (Å²) in [5.74, 6) is 0. The van der Waals surface area contributed by atoms with Crippen LogP contribution >= 0.6 is 0 Å². The van der Waals surface area contributed by atoms with E-state index in [-0.39, 0.29) is 0 Å². The Labute approximate surface area is 212 Å². The zero-order valence-electron chi connectivity index (χ0n) is 19.9. The Bertz CT molecular complexity index is 2220. The van der Waals surface area contributed by atoms with E-state index in [1.165, 1.54) is 60.5 Å². The maximum Gasteiger partial charge on any atom is 0.145 e. The maximum absolute atomic E-state index is 4.99. The van der Waals surface area contributed by atoms with E-state index in [2.05, 4.69) is 100 Å². The molecule has 4 nitrogen and oxygen atoms in total. The molecule has 1 aliphatic carbocycles. The highest BCUT2D eigenvalue weighted by Gasteiger charge is 2.30. The quantitative estimate of drug-likeness (QED) is 0.229. The van der Waals surface area contributed by atoms with Crippen LogP contribution in [0, 0.1) is 0 Å². The molecule has 1 aliphatic rings. The van der Waals surface area contributed by atoms with Crippen molar-refractivity contribution in [1.29, 1.82) is 0 Å². The zero-order valence-corrected chi connectivity index (χ0v) is 19.9. The third kappa shape index (κ3) is 2.33. The molecule has 9 rings (SSSR count). The average Bonchev–Trinajstić information content (AvgIpc) is 3.67. The van der Waals surface area contributed by atoms with Crippen LogP contribution in [0.4, 0.5) is 0 Å². The number of rotatable bonds is 1. The van der Waals surface area contributed by atoms with Gasteiger partial charge in [0.05, 0.1) is 22.1 Å². The van der Waals surface area contributed by atoms with E-state index in [9.17, 15) is 0 Å². The molecule has 172 valence electrons. The second kappa shape index (κ2) is 6.83. The summed E-state index contributed by atoms with van der Waals surface area (Å²) in [4.78, 5) is 9.91. The molecule has 4 aromatic heterocycles. The van der Waals surface area contributed by atoms with E-state index in [4.69, 9.17) is 9.97 Å². The minimum atomic E-state index is 0.884. The van der Waals surface area contributed by atoms with Crippen molar-refractivity contribution >= 4 is 49.3 Å². The number of fused-ring (bicyclic) bond motifs is 15. The van der Waals surface area contributed by atoms with Gasteiger partial charge < -0.3 is 4.57 Å². The van der Waals surface area contributed by atoms with E-state index in [1.54, 1.807) is 0 Å². The predicted octanol–water partition coefficient (Wildman–Crippen LogP) is 7.70. The van der Waals surface area contributed by atoms with Gasteiger partial charge in [0.15, 0.2) is 0 Å². The highest BCUT2D eigenvalue weighted by molar-refractivity contribution is 6.33. The minimum Gasteiger partial charge on any atom is -0.309 e. The van der Waals surface area contributed by atoms with Crippen LogP contribution in [0.15, 0.2) is 110 Å². The number of aromatic nitrogens is 4. The molecule has 0 N–H and O–H groups in total. The van der Waals surface area contributed by atoms with E-state index in [1.807, 2.05) is 18.5 Å². The second-order valence-corrected chi connectivity index (χ2v) is 9.84. The Morgan fingerprint density at radius 3 is 2.41 bits per heavy atom. The molecule has 4 heterocycles. The van der Waals surface area contributed by atoms with Crippen LogP contribution in [0.3, 0.4) is 0 Å². The number of nitrogens with zero attached hydrogens (tertiary/aromatic N) is 4. The topological polar surface area (TPSA) is 35.1 Å². The number of hydrogen-bond acceptors (Lipinski definition) is 2. The molecule has 0 saturated heterocycles. The molecule has 37 heavy (non-hydrogen) atoms. The zero-order chi connectivity index (χ0) is 24.1. The fourth-order valence-corrected chi connectivity index (χ4v) is 6.64. The van der Waals surface area contributed by atoms with Gasteiger partial charge in [-0.3, -0.25) is 9.38 Å². The monoisotopic (exact) mass is 472 g/mol. The molecule has 4 heteroatoms. The van der Waals surface area contributed by atoms with Gasteiger partial charge in [0.25, 0.3) is 0 Å². The Kier molecular flexibility index (Phi) is 3.55. The van der Waals surface area contributed by atoms with Crippen LogP contribution in [0.2, 0.25) is 0 Å². The molecule has 0 atom stereocenters. The molecular weight excluding hydrogens is 452 g/mol. The van der Waals surface area contributed by atoms with Crippen molar-refractivity contribution in [3.8, 4) is 16.8 Å². The van der Waals surface area contributed by atoms with Crippen molar-refractivity contribution < 1.29 is 0 Å². The van der Waals surface area contributed by atoms with Gasteiger partial charge >= 0.3 is 0 Å². The van der Waals surface area contributed by atoms with Gasteiger partial charge in [0, 0.05) is 51.4 Å². The van der Waals surface area contributed by atoms with Crippen LogP contribution in [-0.2, 0) is 6.42 Å². The van der Waals surface area contributed by atoms with Crippen molar-refractivity contribution in [3.63, 3.8) is 0 Å². The van der Waals surface area contributed by atoms with Crippen molar-refractivity contribution in [2.75, 3.05) is 0 Å². The standard InChI is InChI=1S/C33H20N4/c1-2-10-21(11-3-1)37-25-14-7-6-13-23(25)28-30-29(24-19-20-9-4-5-12-22(20)27(24)32(28)37)33-35-17-18-36(33)26-15-8-16-34-31(26)30/h1-18H,19H2. The molecule has 0 aliphatic heterocycles. The number of benzene rings is 4. The summed E-state index contributed by atoms with van der Waals surface area (Å²) in [6.45, 7) is 0. The van der Waals surface area contributed by atoms with Gasteiger partial charge in [-0.05, 0) is 53.4 Å². The Balaban J connectivity index is 1.69.